The summed E-state index contributed by atoms with van der Waals surface area (Å²) in [6, 6.07) is 18.4. The minimum atomic E-state index is -0.327. The molecule has 2 amide bonds. The molecule has 3 aromatic rings. The van der Waals surface area contributed by atoms with Crippen molar-refractivity contribution in [3.63, 3.8) is 0 Å². The minimum absolute atomic E-state index is 0.0716. The number of rotatable bonds is 6. The van der Waals surface area contributed by atoms with Gasteiger partial charge in [0.1, 0.15) is 0 Å². The second-order valence-electron chi connectivity index (χ2n) is 7.59. The summed E-state index contributed by atoms with van der Waals surface area (Å²) >= 11 is 0. The molecule has 0 fully saturated rings. The Morgan fingerprint density at radius 3 is 2.50 bits per heavy atom. The van der Waals surface area contributed by atoms with Crippen LogP contribution in [0.2, 0.25) is 0 Å². The van der Waals surface area contributed by atoms with Crippen LogP contribution in [0.25, 0.3) is 0 Å². The van der Waals surface area contributed by atoms with E-state index in [1.54, 1.807) is 48.6 Å². The fourth-order valence-corrected chi connectivity index (χ4v) is 3.76. The number of carbonyl (C=O) groups is 2. The van der Waals surface area contributed by atoms with E-state index >= 15 is 0 Å². The summed E-state index contributed by atoms with van der Waals surface area (Å²) in [5.74, 6) is -0.174. The van der Waals surface area contributed by atoms with E-state index in [0.29, 0.717) is 17.8 Å². The molecular formula is C24H24N4O2. The number of benzene rings is 2. The Balaban J connectivity index is 1.35. The van der Waals surface area contributed by atoms with Gasteiger partial charge in [-0.15, -0.1) is 0 Å². The lowest BCUT2D eigenvalue weighted by molar-refractivity contribution is -0.132. The van der Waals surface area contributed by atoms with Crippen molar-refractivity contribution in [2.75, 3.05) is 18.9 Å². The van der Waals surface area contributed by atoms with Gasteiger partial charge in [0.2, 0.25) is 5.91 Å². The van der Waals surface area contributed by atoms with Crippen LogP contribution in [-0.2, 0) is 11.2 Å². The molecule has 4 rings (SSSR count). The van der Waals surface area contributed by atoms with Gasteiger partial charge in [0.15, 0.2) is 0 Å². The molecule has 3 N–H and O–H groups in total. The lowest BCUT2D eigenvalue weighted by atomic mass is 9.77. The molecule has 0 bridgehead atoms. The quantitative estimate of drug-likeness (QED) is 0.665. The summed E-state index contributed by atoms with van der Waals surface area (Å²) in [7, 11) is 1.79. The Hall–Kier alpha value is -3.51. The van der Waals surface area contributed by atoms with Gasteiger partial charge in [-0.25, -0.2) is 0 Å². The first-order chi connectivity index (χ1) is 14.5. The maximum absolute atomic E-state index is 12.8. The van der Waals surface area contributed by atoms with Crippen molar-refractivity contribution in [1.82, 2.24) is 9.88 Å². The predicted octanol–water partition coefficient (Wildman–Crippen LogP) is 3.13. The molecule has 0 spiro atoms. The molecule has 0 radical (unpaired) electrons. The standard InChI is InChI=1S/C24H24N4O2/c1-28(24(30)21-14-18-4-2-3-5-20(18)21)15-22(25)16-6-8-17(9-7-16)23(29)27-19-10-12-26-13-11-19/h2-13,21-22H,14-15,25H2,1H3,(H,26,27,29). The summed E-state index contributed by atoms with van der Waals surface area (Å²) in [6.07, 6.45) is 4.03. The summed E-state index contributed by atoms with van der Waals surface area (Å²) in [5.41, 5.74) is 10.8. The number of anilines is 1. The second-order valence-corrected chi connectivity index (χ2v) is 7.59. The van der Waals surface area contributed by atoms with E-state index in [0.717, 1.165) is 17.5 Å². The van der Waals surface area contributed by atoms with Crippen LogP contribution < -0.4 is 11.1 Å². The molecule has 30 heavy (non-hydrogen) atoms. The number of nitrogens with two attached hydrogens (primary N) is 1. The van der Waals surface area contributed by atoms with Crippen LogP contribution in [0.4, 0.5) is 5.69 Å². The fraction of sp³-hybridized carbons (Fsp3) is 0.208. The number of hydrogen-bond donors (Lipinski definition) is 2. The number of pyridine rings is 1. The zero-order chi connectivity index (χ0) is 21.1. The first-order valence-corrected chi connectivity index (χ1v) is 9.92. The summed E-state index contributed by atoms with van der Waals surface area (Å²) in [6.45, 7) is 0.417. The number of nitrogens with one attached hydrogen (secondary N) is 1. The molecule has 0 saturated carbocycles. The Kier molecular flexibility index (Phi) is 5.59. The molecule has 2 atom stereocenters. The monoisotopic (exact) mass is 400 g/mol. The lowest BCUT2D eigenvalue weighted by Crippen LogP contribution is -2.40. The first kappa shape index (κ1) is 19.8. The van der Waals surface area contributed by atoms with Crippen molar-refractivity contribution in [2.45, 2.75) is 18.4 Å². The number of amides is 2. The number of nitrogens with zero attached hydrogens (tertiary/aromatic N) is 2. The third-order valence-corrected chi connectivity index (χ3v) is 5.54. The van der Waals surface area contributed by atoms with Crippen LogP contribution in [0, 0.1) is 0 Å². The zero-order valence-electron chi connectivity index (χ0n) is 16.8. The van der Waals surface area contributed by atoms with Crippen molar-refractivity contribution in [3.8, 4) is 0 Å². The summed E-state index contributed by atoms with van der Waals surface area (Å²) in [4.78, 5) is 30.8. The lowest BCUT2D eigenvalue weighted by Gasteiger charge is -2.33. The third kappa shape index (κ3) is 4.09. The van der Waals surface area contributed by atoms with Crippen LogP contribution in [0.1, 0.15) is 39.0 Å². The van der Waals surface area contributed by atoms with Crippen molar-refractivity contribution in [3.05, 3.63) is 95.3 Å². The Bertz CT molecular complexity index is 1050. The molecule has 152 valence electrons. The Morgan fingerprint density at radius 2 is 1.80 bits per heavy atom. The number of carbonyl (C=O) groups excluding carboxylic acids is 2. The highest BCUT2D eigenvalue weighted by molar-refractivity contribution is 6.04. The molecular weight excluding hydrogens is 376 g/mol. The minimum Gasteiger partial charge on any atom is -0.343 e. The highest BCUT2D eigenvalue weighted by Gasteiger charge is 2.33. The predicted molar refractivity (Wildman–Crippen MR) is 116 cm³/mol. The summed E-state index contributed by atoms with van der Waals surface area (Å²) < 4.78 is 0. The van der Waals surface area contributed by atoms with Gasteiger partial charge in [0.25, 0.3) is 5.91 Å². The van der Waals surface area contributed by atoms with Crippen molar-refractivity contribution in [1.29, 1.82) is 0 Å². The molecule has 0 aliphatic heterocycles. The van der Waals surface area contributed by atoms with E-state index in [9.17, 15) is 9.59 Å². The fourth-order valence-electron chi connectivity index (χ4n) is 3.76. The number of hydrogen-bond acceptors (Lipinski definition) is 4. The molecule has 6 heteroatoms. The SMILES string of the molecule is CN(CC(N)c1ccc(C(=O)Nc2ccncc2)cc1)C(=O)C1Cc2ccccc21. The van der Waals surface area contributed by atoms with Crippen LogP contribution in [0.3, 0.4) is 0 Å². The van der Waals surface area contributed by atoms with Crippen LogP contribution in [0.5, 0.6) is 0 Å². The van der Waals surface area contributed by atoms with E-state index in [-0.39, 0.29) is 23.8 Å². The van der Waals surface area contributed by atoms with E-state index in [1.807, 2.05) is 30.3 Å². The zero-order valence-corrected chi connectivity index (χ0v) is 16.8. The van der Waals surface area contributed by atoms with Gasteiger partial charge in [0.05, 0.1) is 5.92 Å². The number of fused-ring (bicyclic) bond motifs is 1. The highest BCUT2D eigenvalue weighted by Crippen LogP contribution is 2.36. The van der Waals surface area contributed by atoms with E-state index in [1.165, 1.54) is 5.56 Å². The number of likely N-dealkylation sites (N-methyl/N-ethyl adjacent to an activating group) is 1. The van der Waals surface area contributed by atoms with Crippen molar-refractivity contribution in [2.24, 2.45) is 5.73 Å². The van der Waals surface area contributed by atoms with Gasteiger partial charge >= 0.3 is 0 Å². The molecule has 1 aromatic heterocycles. The average Bonchev–Trinajstić information content (AvgIpc) is 2.75. The van der Waals surface area contributed by atoms with E-state index in [4.69, 9.17) is 5.73 Å². The topological polar surface area (TPSA) is 88.3 Å². The van der Waals surface area contributed by atoms with Gasteiger partial charge in [-0.2, -0.15) is 0 Å². The largest absolute Gasteiger partial charge is 0.343 e. The Morgan fingerprint density at radius 1 is 1.10 bits per heavy atom. The van der Waals surface area contributed by atoms with Crippen molar-refractivity contribution < 1.29 is 9.59 Å². The molecule has 0 saturated heterocycles. The van der Waals surface area contributed by atoms with E-state index in [2.05, 4.69) is 16.4 Å². The van der Waals surface area contributed by atoms with Gasteiger partial charge < -0.3 is 16.0 Å². The third-order valence-electron chi connectivity index (χ3n) is 5.54. The maximum Gasteiger partial charge on any atom is 0.255 e. The van der Waals surface area contributed by atoms with Crippen LogP contribution >= 0.6 is 0 Å². The highest BCUT2D eigenvalue weighted by atomic mass is 16.2. The smallest absolute Gasteiger partial charge is 0.255 e. The van der Waals surface area contributed by atoms with Gasteiger partial charge in [-0.05, 0) is 47.4 Å². The normalized spacial score (nSPS) is 15.5. The molecule has 1 aliphatic rings. The number of aromatic nitrogens is 1. The second kappa shape index (κ2) is 8.47. The van der Waals surface area contributed by atoms with E-state index < -0.39 is 0 Å². The molecule has 2 unspecified atom stereocenters. The van der Waals surface area contributed by atoms with Crippen LogP contribution in [0.15, 0.2) is 73.1 Å². The summed E-state index contributed by atoms with van der Waals surface area (Å²) in [5, 5.41) is 2.82. The van der Waals surface area contributed by atoms with Gasteiger partial charge in [-0.1, -0.05) is 36.4 Å². The molecule has 1 heterocycles. The Labute approximate surface area is 175 Å². The first-order valence-electron chi connectivity index (χ1n) is 9.92. The molecule has 6 nitrogen and oxygen atoms in total. The van der Waals surface area contributed by atoms with Crippen molar-refractivity contribution >= 4 is 17.5 Å². The van der Waals surface area contributed by atoms with Gasteiger partial charge in [-0.3, -0.25) is 14.6 Å². The van der Waals surface area contributed by atoms with Crippen LogP contribution in [-0.4, -0.2) is 35.3 Å². The average molecular weight is 400 g/mol. The van der Waals surface area contributed by atoms with Gasteiger partial charge in [0, 0.05) is 43.3 Å². The molecule has 1 aliphatic carbocycles. The maximum atomic E-state index is 12.8. The molecule has 2 aromatic carbocycles.